The highest BCUT2D eigenvalue weighted by Gasteiger charge is 2.36. The second kappa shape index (κ2) is 21.1. The minimum Gasteiger partial charge on any atom is -0.378 e. The number of ketones is 1. The van der Waals surface area contributed by atoms with Crippen LogP contribution in [0.2, 0.25) is 0 Å². The first-order valence-corrected chi connectivity index (χ1v) is 26.2. The van der Waals surface area contributed by atoms with Gasteiger partial charge in [0.05, 0.1) is 104 Å². The second-order valence-corrected chi connectivity index (χ2v) is 20.4. The zero-order valence-corrected chi connectivity index (χ0v) is 40.9. The van der Waals surface area contributed by atoms with E-state index in [1.807, 2.05) is 4.90 Å². The van der Waals surface area contributed by atoms with E-state index in [1.54, 1.807) is 72.8 Å². The first kappa shape index (κ1) is 50.0. The number of aliphatic imine (C=N–C) groups is 1. The van der Waals surface area contributed by atoms with Gasteiger partial charge in [0.2, 0.25) is 17.8 Å². The summed E-state index contributed by atoms with van der Waals surface area (Å²) in [5.74, 6) is -0.167. The number of ether oxygens (including phenoxy) is 1. The smallest absolute Gasteiger partial charge is 0.294 e. The third-order valence-electron chi connectivity index (χ3n) is 11.4. The van der Waals surface area contributed by atoms with Crippen molar-refractivity contribution in [3.05, 3.63) is 114 Å². The van der Waals surface area contributed by atoms with E-state index in [-0.39, 0.29) is 86.0 Å². The highest BCUT2D eigenvalue weighted by Crippen LogP contribution is 2.47. The fourth-order valence-electron chi connectivity index (χ4n) is 8.30. The Labute approximate surface area is 427 Å². The molecule has 7 aromatic rings. The van der Waals surface area contributed by atoms with E-state index in [2.05, 4.69) is 61.4 Å². The van der Waals surface area contributed by atoms with Crippen molar-refractivity contribution in [2.75, 3.05) is 59.0 Å². The molecule has 4 heterocycles. The van der Waals surface area contributed by atoms with Crippen LogP contribution in [-0.4, -0.2) is 96.3 Å². The first-order valence-electron chi connectivity index (χ1n) is 21.7. The number of hydrogen-bond acceptors (Lipinski definition) is 25. The minimum atomic E-state index is -4.68. The maximum Gasteiger partial charge on any atom is 0.294 e. The molecule has 25 nitrogen and oxygen atoms in total. The number of anilines is 8. The fourth-order valence-corrected chi connectivity index (χ4v) is 10.8. The van der Waals surface area contributed by atoms with Crippen molar-refractivity contribution < 1.29 is 60.2 Å². The Morgan fingerprint density at radius 3 is 2.20 bits per heavy atom. The molecule has 0 unspecified atom stereocenters. The molecule has 3 aliphatic rings. The molecule has 5 aromatic carbocycles. The van der Waals surface area contributed by atoms with Crippen LogP contribution in [0.4, 0.5) is 52.1 Å². The Kier molecular flexibility index (Phi) is 14.3. The van der Waals surface area contributed by atoms with Gasteiger partial charge in [-0.15, -0.1) is 8.67 Å². The molecule has 0 bridgehead atoms. The van der Waals surface area contributed by atoms with E-state index < -0.39 is 30.8 Å². The van der Waals surface area contributed by atoms with Crippen molar-refractivity contribution in [2.45, 2.75) is 26.0 Å². The topological polar surface area (TPSA) is 343 Å². The molecule has 2 aliphatic heterocycles. The number of morpholine rings is 1. The number of carbonyl (C=O) groups excluding carboxylic acids is 1. The monoisotopic (exact) mass is 1080 g/mol. The Hall–Kier alpha value is -7.57. The number of nitrogens with zero attached hydrogens (tertiary/aromatic N) is 7. The average molecular weight is 1080 g/mol. The molecule has 29 heteroatoms. The second-order valence-electron chi connectivity index (χ2n) is 15.9. The molecule has 0 radical (unpaired) electrons. The van der Waals surface area contributed by atoms with Gasteiger partial charge in [-0.1, -0.05) is 46.5 Å². The van der Waals surface area contributed by atoms with E-state index >= 15 is 0 Å². The van der Waals surface area contributed by atoms with E-state index in [1.165, 1.54) is 12.1 Å². The maximum absolute atomic E-state index is 14.9. The number of para-hydroxylation sites is 1. The van der Waals surface area contributed by atoms with Crippen molar-refractivity contribution in [3.63, 3.8) is 0 Å². The number of hydrogen-bond donors (Lipinski definition) is 8. The lowest BCUT2D eigenvalue weighted by atomic mass is 9.81. The third kappa shape index (κ3) is 10.2. The van der Waals surface area contributed by atoms with Crippen LogP contribution in [0.15, 0.2) is 122 Å². The molecule has 378 valence electrons. The molecule has 0 atom stereocenters. The summed E-state index contributed by atoms with van der Waals surface area (Å²) in [5.41, 5.74) is 3.08. The number of nitriles is 1. The van der Waals surface area contributed by atoms with Crippen LogP contribution in [0.25, 0.3) is 22.0 Å². The van der Waals surface area contributed by atoms with E-state index in [0.29, 0.717) is 88.7 Å². The lowest BCUT2D eigenvalue weighted by molar-refractivity contribution is -0.432. The standard InChI is InChI=1S/C45H36N12O13S4/c46-16-5-17-47-41-39(42-50-28-8-3-4-9-35(28)73(61,62)56-42)36-26-6-1-2-7-27(26)40(58)38-30(13-12-29(51-41)37(36)38)49-31-22-24(10-14-33(31)71-69-67-59)48-43-53-44(55-45(54-43)57-18-20-66-21-19-57)52-32-23-25(74(63,64)65)11-15-34(32)72-70-68-60/h1-4,6-15,22-23,49,59-60H,5,17-21H2,(H,47,51)(H,50,56)(H,63,64,65)(H2,48,52,53,54,55). The number of carbonyl (C=O) groups is 1. The molecule has 8 N–H and O–H groups in total. The van der Waals surface area contributed by atoms with Crippen LogP contribution in [-0.2, 0) is 43.6 Å². The lowest BCUT2D eigenvalue weighted by Gasteiger charge is -2.28. The van der Waals surface area contributed by atoms with Gasteiger partial charge in [-0.05, 0) is 66.2 Å². The van der Waals surface area contributed by atoms with Crippen LogP contribution in [0, 0.1) is 11.3 Å². The van der Waals surface area contributed by atoms with Crippen molar-refractivity contribution in [3.8, 4) is 17.2 Å². The molecule has 1 fully saturated rings. The van der Waals surface area contributed by atoms with Gasteiger partial charge in [0.1, 0.15) is 10.7 Å². The number of rotatable bonds is 18. The summed E-state index contributed by atoms with van der Waals surface area (Å²) < 4.78 is 79.3. The van der Waals surface area contributed by atoms with E-state index in [0.717, 1.165) is 12.1 Å². The molecule has 0 spiro atoms. The summed E-state index contributed by atoms with van der Waals surface area (Å²) in [6.45, 7) is 1.70. The van der Waals surface area contributed by atoms with Crippen LogP contribution in [0.3, 0.4) is 0 Å². The van der Waals surface area contributed by atoms with Crippen LogP contribution >= 0.6 is 24.1 Å². The molecule has 1 aliphatic carbocycles. The molecule has 74 heavy (non-hydrogen) atoms. The molecular weight excluding hydrogens is 1040 g/mol. The van der Waals surface area contributed by atoms with Crippen molar-refractivity contribution >= 4 is 119 Å². The predicted octanol–water partition coefficient (Wildman–Crippen LogP) is 7.50. The number of aromatic nitrogens is 4. The van der Waals surface area contributed by atoms with E-state index in [9.17, 15) is 36.7 Å². The summed E-state index contributed by atoms with van der Waals surface area (Å²) in [5, 5.41) is 48.2. The Morgan fingerprint density at radius 1 is 0.784 bits per heavy atom. The predicted molar refractivity (Wildman–Crippen MR) is 269 cm³/mol. The number of nitrogens with one attached hydrogen (secondary N) is 5. The summed E-state index contributed by atoms with van der Waals surface area (Å²) in [6, 6.07) is 26.9. The largest absolute Gasteiger partial charge is 0.378 e. The highest BCUT2D eigenvalue weighted by atomic mass is 32.2. The number of fused-ring (bicyclic) bond motifs is 3. The molecule has 10 rings (SSSR count). The van der Waals surface area contributed by atoms with Gasteiger partial charge in [0.25, 0.3) is 20.1 Å². The van der Waals surface area contributed by atoms with Crippen molar-refractivity contribution in [1.29, 1.82) is 5.26 Å². The van der Waals surface area contributed by atoms with Gasteiger partial charge in [-0.25, -0.2) is 28.9 Å². The van der Waals surface area contributed by atoms with Crippen LogP contribution in [0.5, 0.6) is 0 Å². The van der Waals surface area contributed by atoms with Gasteiger partial charge in [-0.3, -0.25) is 14.1 Å². The molecule has 0 saturated carbocycles. The quantitative estimate of drug-likeness (QED) is 0.0135. The third-order valence-corrected chi connectivity index (χ3v) is 15.0. The highest BCUT2D eigenvalue weighted by molar-refractivity contribution is 7.95. The normalized spacial score (nSPS) is 14.5. The summed E-state index contributed by atoms with van der Waals surface area (Å²) in [7, 11) is -8.83. The molecule has 1 saturated heterocycles. The summed E-state index contributed by atoms with van der Waals surface area (Å²) in [4.78, 5) is 40.3. The summed E-state index contributed by atoms with van der Waals surface area (Å²) >= 11 is 1.14. The van der Waals surface area contributed by atoms with Crippen molar-refractivity contribution in [1.82, 2.24) is 24.7 Å². The van der Waals surface area contributed by atoms with Gasteiger partial charge in [-0.2, -0.15) is 28.6 Å². The Morgan fingerprint density at radius 2 is 1.47 bits per heavy atom. The number of benzene rings is 5. The zero-order chi connectivity index (χ0) is 51.6. The Bertz CT molecular complexity index is 3690. The Balaban J connectivity index is 1.09. The number of pyridine rings is 1. The zero-order valence-electron chi connectivity index (χ0n) is 37.7. The van der Waals surface area contributed by atoms with E-state index in [4.69, 9.17) is 24.3 Å². The van der Waals surface area contributed by atoms with Crippen molar-refractivity contribution in [2.24, 2.45) is 4.99 Å². The number of sulfonamides is 1. The maximum atomic E-state index is 14.9. The van der Waals surface area contributed by atoms with Gasteiger partial charge >= 0.3 is 0 Å². The average Bonchev–Trinajstić information content (AvgIpc) is 3.39. The van der Waals surface area contributed by atoms with Gasteiger partial charge < -0.3 is 30.9 Å². The first-order chi connectivity index (χ1) is 35.8. The van der Waals surface area contributed by atoms with Crippen LogP contribution in [0.1, 0.15) is 27.9 Å². The van der Waals surface area contributed by atoms with Crippen LogP contribution < -0.4 is 30.9 Å². The fraction of sp³-hybridized carbons (Fsp3) is 0.133. The SMILES string of the molecule is N#CCCNc1nc2ccc(Nc3cc(Nc4nc(Nc5cc(S(=O)(=O)O)ccc5SOOO)nc(N5CCOCC5)n4)ccc3SOOO)c3c2c(c1C1=Nc2ccccc2S(=O)(=O)N1)-c1ccccc1C3=O. The lowest BCUT2D eigenvalue weighted by Crippen LogP contribution is -2.37. The minimum absolute atomic E-state index is 0.0146. The van der Waals surface area contributed by atoms with Gasteiger partial charge in [0, 0.05) is 41.8 Å². The molecular formula is C45H36N12O13S4. The molecule has 2 aromatic heterocycles. The molecule has 0 amide bonds. The van der Waals surface area contributed by atoms with Gasteiger partial charge in [0.15, 0.2) is 11.6 Å². The number of amidine groups is 1. The summed E-state index contributed by atoms with van der Waals surface area (Å²) in [6.07, 6.45) is 0.0880.